The molecule has 2 N–H and O–H groups in total. The molecule has 3 aromatic heterocycles. The van der Waals surface area contributed by atoms with E-state index in [4.69, 9.17) is 11.6 Å². The SMILES string of the molecule is Cc1nn(C)c2sc(C(=O)NCCNc3ncc(C(F)(F)F)cc3Cl)cc12. The van der Waals surface area contributed by atoms with E-state index in [9.17, 15) is 18.0 Å². The molecule has 0 aliphatic rings. The standard InChI is InChI=1S/C16H15ClF3N5OS/c1-8-10-6-12(27-15(10)25(2)24-8)14(26)22-4-3-21-13-11(17)5-9(7-23-13)16(18,19)20/h5-7H,3-4H2,1-2H3,(H,21,23)(H,22,26). The van der Waals surface area contributed by atoms with Gasteiger partial charge in [-0.25, -0.2) is 4.98 Å². The van der Waals surface area contributed by atoms with E-state index in [1.165, 1.54) is 11.3 Å². The number of pyridine rings is 1. The van der Waals surface area contributed by atoms with E-state index in [2.05, 4.69) is 20.7 Å². The van der Waals surface area contributed by atoms with Crippen LogP contribution >= 0.6 is 22.9 Å². The first-order valence-electron chi connectivity index (χ1n) is 7.85. The number of hydrogen-bond donors (Lipinski definition) is 2. The summed E-state index contributed by atoms with van der Waals surface area (Å²) in [4.78, 5) is 17.4. The third-order valence-corrected chi connectivity index (χ3v) is 5.28. The van der Waals surface area contributed by atoms with Gasteiger partial charge in [-0.2, -0.15) is 18.3 Å². The molecule has 0 saturated heterocycles. The molecule has 0 radical (unpaired) electrons. The van der Waals surface area contributed by atoms with Crippen LogP contribution < -0.4 is 10.6 Å². The number of anilines is 1. The summed E-state index contributed by atoms with van der Waals surface area (Å²) in [7, 11) is 1.82. The molecule has 144 valence electrons. The van der Waals surface area contributed by atoms with E-state index in [0.717, 1.165) is 22.0 Å². The number of alkyl halides is 3. The third kappa shape index (κ3) is 4.16. The van der Waals surface area contributed by atoms with Gasteiger partial charge >= 0.3 is 6.18 Å². The summed E-state index contributed by atoms with van der Waals surface area (Å²) in [6.45, 7) is 2.39. The molecular formula is C16H15ClF3N5OS. The molecule has 3 rings (SSSR count). The predicted octanol–water partition coefficient (Wildman–Crippen LogP) is 3.85. The average Bonchev–Trinajstić information content (AvgIpc) is 3.13. The van der Waals surface area contributed by atoms with Crippen molar-refractivity contribution < 1.29 is 18.0 Å². The average molecular weight is 418 g/mol. The first-order chi connectivity index (χ1) is 12.7. The molecule has 0 fully saturated rings. The quantitative estimate of drug-likeness (QED) is 0.618. The van der Waals surface area contributed by atoms with Crippen molar-refractivity contribution in [3.8, 4) is 0 Å². The van der Waals surface area contributed by atoms with Crippen molar-refractivity contribution in [1.29, 1.82) is 0 Å². The lowest BCUT2D eigenvalue weighted by molar-refractivity contribution is -0.137. The first-order valence-corrected chi connectivity index (χ1v) is 9.04. The molecular weight excluding hydrogens is 403 g/mol. The Labute approximate surface area is 161 Å². The minimum absolute atomic E-state index is 0.127. The second-order valence-corrected chi connectivity index (χ2v) is 7.21. The number of nitrogens with zero attached hydrogens (tertiary/aromatic N) is 3. The van der Waals surface area contributed by atoms with Crippen LogP contribution in [0.3, 0.4) is 0 Å². The van der Waals surface area contributed by atoms with Gasteiger partial charge in [-0.3, -0.25) is 9.48 Å². The second-order valence-electron chi connectivity index (χ2n) is 5.77. The fourth-order valence-electron chi connectivity index (χ4n) is 2.48. The summed E-state index contributed by atoms with van der Waals surface area (Å²) in [5, 5.41) is 10.6. The van der Waals surface area contributed by atoms with Crippen molar-refractivity contribution in [3.63, 3.8) is 0 Å². The number of rotatable bonds is 5. The molecule has 1 amide bonds. The molecule has 0 unspecified atom stereocenters. The third-order valence-electron chi connectivity index (χ3n) is 3.79. The number of thiophene rings is 1. The van der Waals surface area contributed by atoms with E-state index < -0.39 is 11.7 Å². The van der Waals surface area contributed by atoms with E-state index in [-0.39, 0.29) is 29.8 Å². The van der Waals surface area contributed by atoms with Gasteiger partial charge in [-0.05, 0) is 19.1 Å². The number of carbonyl (C=O) groups excluding carboxylic acids is 1. The number of amides is 1. The molecule has 0 aromatic carbocycles. The Morgan fingerprint density at radius 2 is 2.07 bits per heavy atom. The first kappa shape index (κ1) is 19.4. The summed E-state index contributed by atoms with van der Waals surface area (Å²) in [6, 6.07) is 2.60. The Balaban J connectivity index is 1.55. The molecule has 0 aliphatic heterocycles. The highest BCUT2D eigenvalue weighted by Gasteiger charge is 2.31. The number of carbonyl (C=O) groups is 1. The fourth-order valence-corrected chi connectivity index (χ4v) is 3.76. The Morgan fingerprint density at radius 1 is 1.33 bits per heavy atom. The maximum atomic E-state index is 12.6. The summed E-state index contributed by atoms with van der Waals surface area (Å²) < 4.78 is 39.5. The van der Waals surface area contributed by atoms with Gasteiger partial charge in [-0.15, -0.1) is 11.3 Å². The lowest BCUT2D eigenvalue weighted by Crippen LogP contribution is -2.28. The van der Waals surface area contributed by atoms with Crippen molar-refractivity contribution in [2.75, 3.05) is 18.4 Å². The number of aromatic nitrogens is 3. The topological polar surface area (TPSA) is 71.8 Å². The molecule has 3 aromatic rings. The van der Waals surface area contributed by atoms with Crippen LogP contribution in [0.1, 0.15) is 20.9 Å². The van der Waals surface area contributed by atoms with Crippen molar-refractivity contribution >= 4 is 44.9 Å². The number of aryl methyl sites for hydroxylation is 2. The highest BCUT2D eigenvalue weighted by molar-refractivity contribution is 7.20. The monoisotopic (exact) mass is 417 g/mol. The minimum atomic E-state index is -4.50. The van der Waals surface area contributed by atoms with Gasteiger partial charge in [0.2, 0.25) is 0 Å². The molecule has 27 heavy (non-hydrogen) atoms. The lowest BCUT2D eigenvalue weighted by Gasteiger charge is -2.11. The van der Waals surface area contributed by atoms with Gasteiger partial charge < -0.3 is 10.6 Å². The van der Waals surface area contributed by atoms with Crippen LogP contribution in [-0.2, 0) is 13.2 Å². The van der Waals surface area contributed by atoms with Crippen LogP contribution in [0.25, 0.3) is 10.2 Å². The van der Waals surface area contributed by atoms with Crippen LogP contribution in [0.15, 0.2) is 18.3 Å². The molecule has 0 atom stereocenters. The Morgan fingerprint density at radius 3 is 2.70 bits per heavy atom. The number of hydrogen-bond acceptors (Lipinski definition) is 5. The molecule has 0 spiro atoms. The van der Waals surface area contributed by atoms with E-state index in [1.807, 2.05) is 14.0 Å². The number of nitrogens with one attached hydrogen (secondary N) is 2. The molecule has 3 heterocycles. The van der Waals surface area contributed by atoms with Crippen molar-refractivity contribution in [2.45, 2.75) is 13.1 Å². The van der Waals surface area contributed by atoms with Gasteiger partial charge in [0.1, 0.15) is 10.6 Å². The van der Waals surface area contributed by atoms with Crippen LogP contribution in [0.4, 0.5) is 19.0 Å². The summed E-state index contributed by atoms with van der Waals surface area (Å²) in [6.07, 6.45) is -3.79. The zero-order valence-corrected chi connectivity index (χ0v) is 15.9. The molecule has 11 heteroatoms. The highest BCUT2D eigenvalue weighted by atomic mass is 35.5. The minimum Gasteiger partial charge on any atom is -0.367 e. The molecule has 6 nitrogen and oxygen atoms in total. The lowest BCUT2D eigenvalue weighted by atomic mass is 10.3. The summed E-state index contributed by atoms with van der Waals surface area (Å²) in [5.41, 5.74) is -0.0617. The van der Waals surface area contributed by atoms with Gasteiger partial charge in [0.15, 0.2) is 0 Å². The van der Waals surface area contributed by atoms with Crippen LogP contribution in [0.2, 0.25) is 5.02 Å². The Kier molecular flexibility index (Phi) is 5.29. The van der Waals surface area contributed by atoms with Crippen molar-refractivity contribution in [1.82, 2.24) is 20.1 Å². The van der Waals surface area contributed by atoms with Crippen LogP contribution in [0, 0.1) is 6.92 Å². The zero-order chi connectivity index (χ0) is 19.8. The number of fused-ring (bicyclic) bond motifs is 1. The molecule has 0 aliphatic carbocycles. The van der Waals surface area contributed by atoms with Gasteiger partial charge in [-0.1, -0.05) is 11.6 Å². The van der Waals surface area contributed by atoms with Crippen molar-refractivity contribution in [2.24, 2.45) is 7.05 Å². The van der Waals surface area contributed by atoms with Crippen molar-refractivity contribution in [3.05, 3.63) is 39.5 Å². The maximum Gasteiger partial charge on any atom is 0.417 e. The van der Waals surface area contributed by atoms with E-state index >= 15 is 0 Å². The van der Waals surface area contributed by atoms with E-state index in [0.29, 0.717) is 11.1 Å². The highest BCUT2D eigenvalue weighted by Crippen LogP contribution is 2.32. The Bertz CT molecular complexity index is 964. The van der Waals surface area contributed by atoms with Gasteiger partial charge in [0, 0.05) is 31.7 Å². The fraction of sp³-hybridized carbons (Fsp3) is 0.312. The summed E-state index contributed by atoms with van der Waals surface area (Å²) in [5.74, 6) is -0.105. The molecule has 0 bridgehead atoms. The van der Waals surface area contributed by atoms with Crippen LogP contribution in [0.5, 0.6) is 0 Å². The van der Waals surface area contributed by atoms with Gasteiger partial charge in [0.25, 0.3) is 5.91 Å². The largest absolute Gasteiger partial charge is 0.417 e. The normalized spacial score (nSPS) is 11.8. The zero-order valence-electron chi connectivity index (χ0n) is 14.3. The second kappa shape index (κ2) is 7.35. The number of halogens is 4. The maximum absolute atomic E-state index is 12.6. The molecule has 0 saturated carbocycles. The summed E-state index contributed by atoms with van der Waals surface area (Å²) >= 11 is 7.16. The predicted molar refractivity (Wildman–Crippen MR) is 98.4 cm³/mol. The van der Waals surface area contributed by atoms with E-state index in [1.54, 1.807) is 10.7 Å². The Hall–Kier alpha value is -2.33. The van der Waals surface area contributed by atoms with Gasteiger partial charge in [0.05, 0.1) is 21.2 Å². The smallest absolute Gasteiger partial charge is 0.367 e. The van der Waals surface area contributed by atoms with Crippen LogP contribution in [-0.4, -0.2) is 33.8 Å².